The second kappa shape index (κ2) is 7.71. The number of hydrogen-bond acceptors (Lipinski definition) is 6. The van der Waals surface area contributed by atoms with Gasteiger partial charge in [-0.2, -0.15) is 0 Å². The summed E-state index contributed by atoms with van der Waals surface area (Å²) in [5.41, 5.74) is 3.74. The molecule has 1 heterocycles. The highest BCUT2D eigenvalue weighted by molar-refractivity contribution is 7.22. The third-order valence-corrected chi connectivity index (χ3v) is 5.08. The number of methoxy groups -OCH3 is 3. The van der Waals surface area contributed by atoms with Gasteiger partial charge in [-0.3, -0.25) is 5.32 Å². The minimum Gasteiger partial charge on any atom is -0.493 e. The number of benzene rings is 2. The summed E-state index contributed by atoms with van der Waals surface area (Å²) in [6.45, 7) is 4.09. The molecule has 0 bridgehead atoms. The highest BCUT2D eigenvalue weighted by Crippen LogP contribution is 2.40. The average molecular weight is 387 g/mol. The molecule has 0 aliphatic carbocycles. The molecule has 0 spiro atoms. The summed E-state index contributed by atoms with van der Waals surface area (Å²) in [7, 11) is 4.56. The van der Waals surface area contributed by atoms with Crippen LogP contribution in [0.3, 0.4) is 0 Å². The Balaban J connectivity index is 1.79. The Bertz CT molecular complexity index is 936. The molecular formula is C19H21N3O4S. The lowest BCUT2D eigenvalue weighted by Crippen LogP contribution is -2.19. The molecule has 0 aliphatic heterocycles. The largest absolute Gasteiger partial charge is 0.493 e. The monoisotopic (exact) mass is 387 g/mol. The van der Waals surface area contributed by atoms with Gasteiger partial charge >= 0.3 is 6.03 Å². The van der Waals surface area contributed by atoms with Crippen LogP contribution in [0.4, 0.5) is 15.6 Å². The predicted octanol–water partition coefficient (Wildman–Crippen LogP) is 4.58. The highest BCUT2D eigenvalue weighted by Gasteiger charge is 2.15. The van der Waals surface area contributed by atoms with Crippen molar-refractivity contribution in [2.75, 3.05) is 32.0 Å². The number of amides is 2. The Hall–Kier alpha value is -3.00. The van der Waals surface area contributed by atoms with Crippen LogP contribution in [-0.4, -0.2) is 32.3 Å². The minimum atomic E-state index is -0.406. The fraction of sp³-hybridized carbons (Fsp3) is 0.263. The number of nitrogens with one attached hydrogen (secondary N) is 2. The number of rotatable bonds is 5. The molecule has 8 heteroatoms. The van der Waals surface area contributed by atoms with Gasteiger partial charge in [-0.05, 0) is 37.1 Å². The molecule has 0 saturated carbocycles. The standard InChI is InChI=1S/C19H21N3O4S/c1-10-6-13-16(7-11(10)2)27-19(21-13)22-18(23)20-12-8-14(24-3)17(26-5)15(9-12)25-4/h6-9H,1-5H3,(H2,20,21,22,23). The van der Waals surface area contributed by atoms with Gasteiger partial charge in [-0.15, -0.1) is 0 Å². The van der Waals surface area contributed by atoms with Crippen LogP contribution in [0.25, 0.3) is 10.2 Å². The molecule has 0 saturated heterocycles. The Morgan fingerprint density at radius 2 is 1.56 bits per heavy atom. The lowest BCUT2D eigenvalue weighted by Gasteiger charge is -2.14. The molecule has 142 valence electrons. The summed E-state index contributed by atoms with van der Waals surface area (Å²) in [6, 6.07) is 7.00. The van der Waals surface area contributed by atoms with Crippen molar-refractivity contribution in [2.24, 2.45) is 0 Å². The van der Waals surface area contributed by atoms with E-state index in [-0.39, 0.29) is 0 Å². The molecular weight excluding hydrogens is 366 g/mol. The van der Waals surface area contributed by atoms with E-state index in [1.165, 1.54) is 43.8 Å². The lowest BCUT2D eigenvalue weighted by atomic mass is 10.1. The number of hydrogen-bond donors (Lipinski definition) is 2. The number of anilines is 2. The molecule has 7 nitrogen and oxygen atoms in total. The number of aromatic nitrogens is 1. The van der Waals surface area contributed by atoms with Crippen LogP contribution in [0.1, 0.15) is 11.1 Å². The van der Waals surface area contributed by atoms with E-state index in [4.69, 9.17) is 14.2 Å². The topological polar surface area (TPSA) is 81.7 Å². The van der Waals surface area contributed by atoms with Crippen molar-refractivity contribution in [1.29, 1.82) is 0 Å². The maximum absolute atomic E-state index is 12.4. The summed E-state index contributed by atoms with van der Waals surface area (Å²) < 4.78 is 16.9. The molecule has 27 heavy (non-hydrogen) atoms. The van der Waals surface area contributed by atoms with E-state index in [0.29, 0.717) is 28.1 Å². The molecule has 3 aromatic rings. The fourth-order valence-corrected chi connectivity index (χ4v) is 3.59. The van der Waals surface area contributed by atoms with E-state index in [2.05, 4.69) is 28.6 Å². The molecule has 2 aromatic carbocycles. The van der Waals surface area contributed by atoms with Crippen molar-refractivity contribution >= 4 is 38.4 Å². The Morgan fingerprint density at radius 1 is 0.926 bits per heavy atom. The van der Waals surface area contributed by atoms with Crippen molar-refractivity contribution in [3.63, 3.8) is 0 Å². The minimum absolute atomic E-state index is 0.406. The first-order chi connectivity index (χ1) is 12.9. The van der Waals surface area contributed by atoms with Crippen molar-refractivity contribution in [2.45, 2.75) is 13.8 Å². The number of thiazole rings is 1. The second-order valence-electron chi connectivity index (χ2n) is 5.92. The van der Waals surface area contributed by atoms with Crippen molar-refractivity contribution in [3.05, 3.63) is 35.4 Å². The van der Waals surface area contributed by atoms with Gasteiger partial charge in [0.05, 0.1) is 37.2 Å². The summed E-state index contributed by atoms with van der Waals surface area (Å²) in [5.74, 6) is 1.37. The summed E-state index contributed by atoms with van der Waals surface area (Å²) >= 11 is 1.43. The Labute approximate surface area is 161 Å². The third-order valence-electron chi connectivity index (χ3n) is 4.15. The molecule has 2 amide bonds. The smallest absolute Gasteiger partial charge is 0.325 e. The molecule has 0 fully saturated rings. The van der Waals surface area contributed by atoms with E-state index in [9.17, 15) is 4.79 Å². The third kappa shape index (κ3) is 3.90. The van der Waals surface area contributed by atoms with Gasteiger partial charge in [0, 0.05) is 12.1 Å². The van der Waals surface area contributed by atoms with Crippen LogP contribution in [0.2, 0.25) is 0 Å². The summed E-state index contributed by atoms with van der Waals surface area (Å²) in [4.78, 5) is 16.8. The van der Waals surface area contributed by atoms with Gasteiger partial charge < -0.3 is 19.5 Å². The SMILES string of the molecule is COc1cc(NC(=O)Nc2nc3cc(C)c(C)cc3s2)cc(OC)c1OC. The first kappa shape index (κ1) is 18.8. The van der Waals surface area contributed by atoms with Crippen LogP contribution in [0.5, 0.6) is 17.2 Å². The van der Waals surface area contributed by atoms with Crippen molar-refractivity contribution < 1.29 is 19.0 Å². The van der Waals surface area contributed by atoms with E-state index in [1.807, 2.05) is 13.0 Å². The zero-order chi connectivity index (χ0) is 19.6. The van der Waals surface area contributed by atoms with Gasteiger partial charge in [-0.1, -0.05) is 11.3 Å². The quantitative estimate of drug-likeness (QED) is 0.669. The number of carbonyl (C=O) groups excluding carboxylic acids is 1. The number of nitrogens with zero attached hydrogens (tertiary/aromatic N) is 1. The van der Waals surface area contributed by atoms with Crippen LogP contribution >= 0.6 is 11.3 Å². The van der Waals surface area contributed by atoms with Crippen LogP contribution in [0, 0.1) is 13.8 Å². The van der Waals surface area contributed by atoms with Gasteiger partial charge in [0.2, 0.25) is 5.75 Å². The van der Waals surface area contributed by atoms with Gasteiger partial charge in [-0.25, -0.2) is 9.78 Å². The van der Waals surface area contributed by atoms with Crippen LogP contribution in [0.15, 0.2) is 24.3 Å². The Morgan fingerprint density at radius 3 is 2.15 bits per heavy atom. The zero-order valence-electron chi connectivity index (χ0n) is 15.8. The number of carbonyl (C=O) groups is 1. The van der Waals surface area contributed by atoms with Crippen molar-refractivity contribution in [1.82, 2.24) is 4.98 Å². The van der Waals surface area contributed by atoms with Crippen LogP contribution < -0.4 is 24.8 Å². The van der Waals surface area contributed by atoms with E-state index in [1.54, 1.807) is 12.1 Å². The van der Waals surface area contributed by atoms with Crippen LogP contribution in [-0.2, 0) is 0 Å². The number of aryl methyl sites for hydroxylation is 2. The summed E-state index contributed by atoms with van der Waals surface area (Å²) in [5, 5.41) is 6.05. The number of urea groups is 1. The van der Waals surface area contributed by atoms with E-state index < -0.39 is 6.03 Å². The normalized spacial score (nSPS) is 10.6. The Kier molecular flexibility index (Phi) is 5.36. The number of fused-ring (bicyclic) bond motifs is 1. The van der Waals surface area contributed by atoms with E-state index >= 15 is 0 Å². The second-order valence-corrected chi connectivity index (χ2v) is 6.95. The molecule has 0 unspecified atom stereocenters. The van der Waals surface area contributed by atoms with Gasteiger partial charge in [0.1, 0.15) is 0 Å². The van der Waals surface area contributed by atoms with Crippen molar-refractivity contribution in [3.8, 4) is 17.2 Å². The fourth-order valence-electron chi connectivity index (χ4n) is 2.65. The molecule has 2 N–H and O–H groups in total. The highest BCUT2D eigenvalue weighted by atomic mass is 32.1. The lowest BCUT2D eigenvalue weighted by molar-refractivity contribution is 0.262. The average Bonchev–Trinajstić information content (AvgIpc) is 3.01. The molecule has 0 radical (unpaired) electrons. The first-order valence-corrected chi connectivity index (χ1v) is 9.02. The maximum atomic E-state index is 12.4. The van der Waals surface area contributed by atoms with Gasteiger partial charge in [0.15, 0.2) is 16.6 Å². The van der Waals surface area contributed by atoms with E-state index in [0.717, 1.165) is 10.2 Å². The maximum Gasteiger partial charge on any atom is 0.325 e. The summed E-state index contributed by atoms with van der Waals surface area (Å²) in [6.07, 6.45) is 0. The predicted molar refractivity (Wildman–Crippen MR) is 108 cm³/mol. The van der Waals surface area contributed by atoms with Gasteiger partial charge in [0.25, 0.3) is 0 Å². The molecule has 0 atom stereocenters. The number of ether oxygens (including phenoxy) is 3. The molecule has 0 aliphatic rings. The first-order valence-electron chi connectivity index (χ1n) is 8.21. The molecule has 3 rings (SSSR count). The zero-order valence-corrected chi connectivity index (χ0v) is 16.6. The molecule has 1 aromatic heterocycles.